The minimum atomic E-state index is -3.75. The smallest absolute Gasteiger partial charge is 0.277 e. The fourth-order valence-electron chi connectivity index (χ4n) is 4.13. The van der Waals surface area contributed by atoms with Crippen molar-refractivity contribution < 1.29 is 18.3 Å². The Labute approximate surface area is 202 Å². The second-order valence-corrected chi connectivity index (χ2v) is 11.3. The van der Waals surface area contributed by atoms with Gasteiger partial charge in [0.1, 0.15) is 20.4 Å². The summed E-state index contributed by atoms with van der Waals surface area (Å²) < 4.78 is 35.6. The van der Waals surface area contributed by atoms with E-state index in [0.717, 1.165) is 23.5 Å². The summed E-state index contributed by atoms with van der Waals surface area (Å²) in [6, 6.07) is 1.51. The zero-order valence-corrected chi connectivity index (χ0v) is 21.2. The Hall–Kier alpha value is -2.32. The van der Waals surface area contributed by atoms with Crippen molar-refractivity contribution in [3.63, 3.8) is 0 Å². The molecule has 3 aromatic heterocycles. The molecule has 0 amide bonds. The minimum Gasteiger partial charge on any atom is -0.492 e. The molecule has 0 unspecified atom stereocenters. The van der Waals surface area contributed by atoms with E-state index >= 15 is 0 Å². The lowest BCUT2D eigenvalue weighted by molar-refractivity contribution is 0.151. The molecule has 1 saturated heterocycles. The highest BCUT2D eigenvalue weighted by Gasteiger charge is 2.32. The molecule has 4 rings (SSSR count). The number of aromatic nitrogens is 4. The van der Waals surface area contributed by atoms with Crippen LogP contribution in [0.5, 0.6) is 5.75 Å². The number of H-pyrrole nitrogens is 1. The molecule has 3 aromatic rings. The lowest BCUT2D eigenvalue weighted by Gasteiger charge is -2.33. The number of sulfonamides is 1. The number of aliphatic hydroxyl groups excluding tert-OH is 1. The predicted octanol–water partition coefficient (Wildman–Crippen LogP) is 1.03. The van der Waals surface area contributed by atoms with E-state index in [1.54, 1.807) is 7.05 Å². The van der Waals surface area contributed by atoms with Crippen LogP contribution < -0.4 is 10.3 Å². The first kappa shape index (κ1) is 24.8. The molecule has 0 radical (unpaired) electrons. The maximum Gasteiger partial charge on any atom is 0.277 e. The van der Waals surface area contributed by atoms with Gasteiger partial charge >= 0.3 is 0 Å². The molecule has 186 valence electrons. The summed E-state index contributed by atoms with van der Waals surface area (Å²) in [5, 5.41) is 13.6. The van der Waals surface area contributed by atoms with E-state index in [4.69, 9.17) is 9.84 Å². The number of rotatable bonds is 9. The number of hydrogen-bond donors (Lipinski definition) is 2. The maximum absolute atomic E-state index is 13.4. The standard InChI is InChI=1S/C21H30N6O5S2/c1-4-6-14-17-18(25(3)24-14)21(29)23-20(22-17)19-15(32-5-2)13-16(33-19)34(30,31)27-9-7-26(8-10-27)11-12-28/h13,28H,4-12H2,1-3H3,(H,22,23,29). The minimum absolute atomic E-state index is 0.0468. The molecular formula is C21H30N6O5S2. The number of fused-ring (bicyclic) bond motifs is 1. The molecule has 4 heterocycles. The largest absolute Gasteiger partial charge is 0.492 e. The number of piperazine rings is 1. The van der Waals surface area contributed by atoms with Crippen LogP contribution in [0.4, 0.5) is 0 Å². The molecule has 2 N–H and O–H groups in total. The van der Waals surface area contributed by atoms with E-state index in [1.165, 1.54) is 15.1 Å². The summed E-state index contributed by atoms with van der Waals surface area (Å²) in [4.78, 5) is 22.8. The van der Waals surface area contributed by atoms with E-state index < -0.39 is 10.0 Å². The molecule has 1 aliphatic rings. The highest BCUT2D eigenvalue weighted by Crippen LogP contribution is 2.40. The van der Waals surface area contributed by atoms with Gasteiger partial charge in [-0.15, -0.1) is 11.3 Å². The van der Waals surface area contributed by atoms with E-state index in [0.29, 0.717) is 67.4 Å². The van der Waals surface area contributed by atoms with Crippen molar-refractivity contribution in [3.8, 4) is 16.5 Å². The summed E-state index contributed by atoms with van der Waals surface area (Å²) in [5.74, 6) is 0.638. The van der Waals surface area contributed by atoms with Gasteiger partial charge in [-0.3, -0.25) is 14.4 Å². The third-order valence-corrected chi connectivity index (χ3v) is 9.25. The van der Waals surface area contributed by atoms with Crippen LogP contribution in [-0.4, -0.2) is 88.4 Å². The SMILES string of the molecule is CCCc1nn(C)c2c(=O)[nH]c(-c3sc(S(=O)(=O)N4CCN(CCO)CC4)cc3OCC)nc12. The summed E-state index contributed by atoms with van der Waals surface area (Å²) in [6.45, 7) is 6.56. The van der Waals surface area contributed by atoms with E-state index in [1.807, 2.05) is 18.7 Å². The maximum atomic E-state index is 13.4. The van der Waals surface area contributed by atoms with E-state index in [9.17, 15) is 13.2 Å². The normalized spacial score (nSPS) is 15.9. The summed E-state index contributed by atoms with van der Waals surface area (Å²) in [6.07, 6.45) is 1.53. The molecule has 1 aliphatic heterocycles. The Bertz CT molecular complexity index is 1320. The van der Waals surface area contributed by atoms with E-state index in [-0.39, 0.29) is 22.2 Å². The number of nitrogens with zero attached hydrogens (tertiary/aromatic N) is 5. The van der Waals surface area contributed by atoms with Crippen molar-refractivity contribution in [3.05, 3.63) is 22.1 Å². The molecule has 0 aromatic carbocycles. The molecule has 0 saturated carbocycles. The summed E-state index contributed by atoms with van der Waals surface area (Å²) in [5.41, 5.74) is 1.30. The first-order valence-electron chi connectivity index (χ1n) is 11.4. The summed E-state index contributed by atoms with van der Waals surface area (Å²) in [7, 11) is -2.04. The van der Waals surface area contributed by atoms with E-state index in [2.05, 4.69) is 15.1 Å². The van der Waals surface area contributed by atoms with Gasteiger partial charge in [0.15, 0.2) is 11.3 Å². The Morgan fingerprint density at radius 1 is 1.24 bits per heavy atom. The monoisotopic (exact) mass is 510 g/mol. The fraction of sp³-hybridized carbons (Fsp3) is 0.571. The number of nitrogens with one attached hydrogen (secondary N) is 1. The van der Waals surface area contributed by atoms with Gasteiger partial charge in [-0.25, -0.2) is 13.4 Å². The van der Waals surface area contributed by atoms with Gasteiger partial charge in [0.2, 0.25) is 0 Å². The lowest BCUT2D eigenvalue weighted by atomic mass is 10.2. The second-order valence-electron chi connectivity index (χ2n) is 8.09. The number of aliphatic hydroxyl groups is 1. The van der Waals surface area contributed by atoms with Crippen LogP contribution >= 0.6 is 11.3 Å². The van der Waals surface area contributed by atoms with Crippen molar-refractivity contribution in [1.29, 1.82) is 0 Å². The van der Waals surface area contributed by atoms with Crippen molar-refractivity contribution in [2.45, 2.75) is 30.9 Å². The number of ether oxygens (including phenoxy) is 1. The number of aromatic amines is 1. The highest BCUT2D eigenvalue weighted by molar-refractivity contribution is 7.91. The van der Waals surface area contributed by atoms with Crippen LogP contribution in [0.2, 0.25) is 0 Å². The molecule has 13 heteroatoms. The number of thiophene rings is 1. The molecule has 11 nitrogen and oxygen atoms in total. The van der Waals surface area contributed by atoms with Crippen molar-refractivity contribution in [2.75, 3.05) is 45.9 Å². The lowest BCUT2D eigenvalue weighted by Crippen LogP contribution is -2.49. The van der Waals surface area contributed by atoms with Crippen LogP contribution in [0.25, 0.3) is 21.7 Å². The highest BCUT2D eigenvalue weighted by atomic mass is 32.2. The van der Waals surface area contributed by atoms with Crippen LogP contribution in [-0.2, 0) is 23.5 Å². The van der Waals surface area contributed by atoms with Crippen LogP contribution in [0.1, 0.15) is 26.0 Å². The molecule has 0 spiro atoms. The van der Waals surface area contributed by atoms with Gasteiger partial charge in [-0.2, -0.15) is 9.40 Å². The zero-order chi connectivity index (χ0) is 24.5. The van der Waals surface area contributed by atoms with Gasteiger partial charge in [0.05, 0.1) is 18.9 Å². The van der Waals surface area contributed by atoms with Gasteiger partial charge < -0.3 is 14.8 Å². The van der Waals surface area contributed by atoms with Crippen molar-refractivity contribution >= 4 is 32.4 Å². The number of aryl methyl sites for hydroxylation is 2. The first-order valence-corrected chi connectivity index (χ1v) is 13.6. The molecule has 1 fully saturated rings. The third-order valence-electron chi connectivity index (χ3n) is 5.78. The van der Waals surface area contributed by atoms with Gasteiger partial charge in [-0.1, -0.05) is 13.3 Å². The van der Waals surface area contributed by atoms with Crippen molar-refractivity contribution in [1.82, 2.24) is 29.0 Å². The Morgan fingerprint density at radius 2 is 1.97 bits per heavy atom. The Kier molecular flexibility index (Phi) is 7.38. The molecule has 0 aliphatic carbocycles. The van der Waals surface area contributed by atoms with Gasteiger partial charge in [0.25, 0.3) is 15.6 Å². The Morgan fingerprint density at radius 3 is 2.62 bits per heavy atom. The van der Waals surface area contributed by atoms with Crippen LogP contribution in [0.3, 0.4) is 0 Å². The third kappa shape index (κ3) is 4.62. The molecule has 34 heavy (non-hydrogen) atoms. The van der Waals surface area contributed by atoms with Gasteiger partial charge in [0, 0.05) is 45.8 Å². The number of hydrogen-bond acceptors (Lipinski definition) is 9. The second kappa shape index (κ2) is 10.1. The first-order chi connectivity index (χ1) is 16.3. The quantitative estimate of drug-likeness (QED) is 0.436. The average Bonchev–Trinajstić information content (AvgIpc) is 3.37. The topological polar surface area (TPSA) is 134 Å². The van der Waals surface area contributed by atoms with Crippen LogP contribution in [0, 0.1) is 0 Å². The molecular weight excluding hydrogens is 480 g/mol. The Balaban J connectivity index is 1.74. The van der Waals surface area contributed by atoms with Crippen molar-refractivity contribution in [2.24, 2.45) is 7.05 Å². The fourth-order valence-corrected chi connectivity index (χ4v) is 7.05. The summed E-state index contributed by atoms with van der Waals surface area (Å²) >= 11 is 1.04. The number of β-amino-alcohol motifs (C(OH)–C–C–N with tert-alkyl or cyclic N) is 1. The molecule has 0 atom stereocenters. The molecule has 0 bridgehead atoms. The van der Waals surface area contributed by atoms with Crippen LogP contribution in [0.15, 0.2) is 15.1 Å². The predicted molar refractivity (Wildman–Crippen MR) is 130 cm³/mol. The van der Waals surface area contributed by atoms with Gasteiger partial charge in [-0.05, 0) is 13.3 Å². The zero-order valence-electron chi connectivity index (χ0n) is 19.6. The average molecular weight is 511 g/mol.